The maximum Gasteiger partial charge on any atom is 0.223 e. The van der Waals surface area contributed by atoms with Gasteiger partial charge in [0, 0.05) is 23.7 Å². The first kappa shape index (κ1) is 19.3. The molecule has 4 nitrogen and oxygen atoms in total. The summed E-state index contributed by atoms with van der Waals surface area (Å²) in [6.07, 6.45) is 6.43. The predicted octanol–water partition coefficient (Wildman–Crippen LogP) is 4.59. The summed E-state index contributed by atoms with van der Waals surface area (Å²) in [6, 6.07) is 15.6. The van der Waals surface area contributed by atoms with E-state index < -0.39 is 0 Å². The second-order valence-corrected chi connectivity index (χ2v) is 8.92. The number of nitrogens with zero attached hydrogens (tertiary/aromatic N) is 2. The zero-order chi connectivity index (χ0) is 20.6. The van der Waals surface area contributed by atoms with Crippen LogP contribution in [0.5, 0.6) is 0 Å². The summed E-state index contributed by atoms with van der Waals surface area (Å²) in [5.74, 6) is 0.730. The van der Waals surface area contributed by atoms with Crippen LogP contribution in [0.25, 0.3) is 11.3 Å². The molecule has 0 bridgehead atoms. The van der Waals surface area contributed by atoms with E-state index >= 15 is 0 Å². The number of nitrogens with one attached hydrogen (secondary N) is 2. The van der Waals surface area contributed by atoms with Gasteiger partial charge < -0.3 is 10.6 Å². The molecule has 154 valence electrons. The highest BCUT2D eigenvalue weighted by Gasteiger charge is 2.40. The van der Waals surface area contributed by atoms with Crippen LogP contribution >= 0.6 is 0 Å². The fourth-order valence-corrected chi connectivity index (χ4v) is 5.10. The van der Waals surface area contributed by atoms with Crippen molar-refractivity contribution >= 4 is 5.95 Å². The first-order chi connectivity index (χ1) is 14.6. The van der Waals surface area contributed by atoms with Gasteiger partial charge in [0.15, 0.2) is 0 Å². The van der Waals surface area contributed by atoms with Crippen molar-refractivity contribution in [2.75, 3.05) is 25.0 Å². The lowest BCUT2D eigenvalue weighted by atomic mass is 9.64. The van der Waals surface area contributed by atoms with E-state index in [4.69, 9.17) is 4.98 Å². The Kier molecular flexibility index (Phi) is 5.03. The summed E-state index contributed by atoms with van der Waals surface area (Å²) >= 11 is 0. The van der Waals surface area contributed by atoms with Gasteiger partial charge >= 0.3 is 0 Å². The van der Waals surface area contributed by atoms with E-state index in [1.807, 2.05) is 0 Å². The van der Waals surface area contributed by atoms with Gasteiger partial charge in [0.2, 0.25) is 5.95 Å². The molecular formula is C26H30N4. The molecule has 2 heterocycles. The first-order valence-corrected chi connectivity index (χ1v) is 11.1. The number of hydrogen-bond donors (Lipinski definition) is 2. The lowest BCUT2D eigenvalue weighted by Crippen LogP contribution is -2.43. The molecule has 0 radical (unpaired) electrons. The van der Waals surface area contributed by atoms with Crippen molar-refractivity contribution < 1.29 is 0 Å². The van der Waals surface area contributed by atoms with Gasteiger partial charge in [0.1, 0.15) is 0 Å². The molecule has 2 N–H and O–H groups in total. The second kappa shape index (κ2) is 7.84. The Morgan fingerprint density at radius 1 is 1.03 bits per heavy atom. The Balaban J connectivity index is 1.37. The van der Waals surface area contributed by atoms with Crippen LogP contribution in [0, 0.1) is 13.8 Å². The number of piperidine rings is 1. The predicted molar refractivity (Wildman–Crippen MR) is 123 cm³/mol. The van der Waals surface area contributed by atoms with Gasteiger partial charge in [-0.25, -0.2) is 9.97 Å². The maximum absolute atomic E-state index is 4.96. The zero-order valence-electron chi connectivity index (χ0n) is 18.0. The van der Waals surface area contributed by atoms with Crippen LogP contribution in [-0.2, 0) is 18.3 Å². The Bertz CT molecular complexity index is 1070. The quantitative estimate of drug-likeness (QED) is 0.675. The summed E-state index contributed by atoms with van der Waals surface area (Å²) in [6.45, 7) is 7.33. The normalized spacial score (nSPS) is 16.7. The highest BCUT2D eigenvalue weighted by atomic mass is 15.1. The van der Waals surface area contributed by atoms with E-state index in [1.54, 1.807) is 0 Å². The van der Waals surface area contributed by atoms with Gasteiger partial charge in [0.05, 0.1) is 5.69 Å². The van der Waals surface area contributed by atoms with E-state index in [1.165, 1.54) is 46.2 Å². The molecule has 4 heteroatoms. The fraction of sp³-hybridized carbons (Fsp3) is 0.385. The molecule has 2 aliphatic rings. The van der Waals surface area contributed by atoms with E-state index in [-0.39, 0.29) is 5.41 Å². The molecule has 1 aliphatic heterocycles. The Morgan fingerprint density at radius 3 is 2.70 bits per heavy atom. The Labute approximate surface area is 179 Å². The minimum Gasteiger partial charge on any atom is -0.354 e. The van der Waals surface area contributed by atoms with Crippen molar-refractivity contribution in [2.45, 2.75) is 44.9 Å². The molecule has 1 saturated heterocycles. The van der Waals surface area contributed by atoms with Crippen molar-refractivity contribution in [1.29, 1.82) is 0 Å². The highest BCUT2D eigenvalue weighted by Crippen LogP contribution is 2.46. The summed E-state index contributed by atoms with van der Waals surface area (Å²) < 4.78 is 0. The van der Waals surface area contributed by atoms with Gasteiger partial charge in [-0.2, -0.15) is 0 Å². The summed E-state index contributed by atoms with van der Waals surface area (Å²) in [5, 5.41) is 6.97. The SMILES string of the molecule is Cc1ccc(CCNc2ncc3c(n2)-c2ccccc2C2(CCNCC2)C3)cc1C. The maximum atomic E-state index is 4.96. The number of anilines is 1. The molecule has 0 saturated carbocycles. The van der Waals surface area contributed by atoms with Gasteiger partial charge in [-0.1, -0.05) is 42.5 Å². The first-order valence-electron chi connectivity index (χ1n) is 11.1. The largest absolute Gasteiger partial charge is 0.354 e. The summed E-state index contributed by atoms with van der Waals surface area (Å²) in [7, 11) is 0. The lowest BCUT2D eigenvalue weighted by Gasteiger charge is -2.42. The fourth-order valence-electron chi connectivity index (χ4n) is 5.10. The van der Waals surface area contributed by atoms with Gasteiger partial charge in [-0.05, 0) is 80.4 Å². The van der Waals surface area contributed by atoms with Crippen LogP contribution in [0.3, 0.4) is 0 Å². The third-order valence-corrected chi connectivity index (χ3v) is 6.98. The number of rotatable bonds is 4. The van der Waals surface area contributed by atoms with Gasteiger partial charge in [-0.15, -0.1) is 0 Å². The minimum absolute atomic E-state index is 0.233. The van der Waals surface area contributed by atoms with Crippen LogP contribution in [-0.4, -0.2) is 29.6 Å². The Morgan fingerprint density at radius 2 is 1.87 bits per heavy atom. The van der Waals surface area contributed by atoms with Crippen molar-refractivity contribution in [3.05, 3.63) is 76.5 Å². The van der Waals surface area contributed by atoms with Crippen LogP contribution < -0.4 is 10.6 Å². The Hall–Kier alpha value is -2.72. The molecule has 3 aromatic rings. The second-order valence-electron chi connectivity index (χ2n) is 8.92. The monoisotopic (exact) mass is 398 g/mol. The standard InChI is InChI=1S/C26H30N4/c1-18-7-8-20(15-19(18)2)9-12-28-25-29-17-21-16-26(10-13-27-14-11-26)23-6-4-3-5-22(23)24(21)30-25/h3-8,15,17,27H,9-14,16H2,1-2H3,(H,28,29,30). The van der Waals surface area contributed by atoms with Crippen LogP contribution in [0.2, 0.25) is 0 Å². The summed E-state index contributed by atoms with van der Waals surface area (Å²) in [4.78, 5) is 9.63. The molecular weight excluding hydrogens is 368 g/mol. The van der Waals surface area contributed by atoms with Crippen molar-refractivity contribution in [2.24, 2.45) is 0 Å². The number of fused-ring (bicyclic) bond motifs is 4. The van der Waals surface area contributed by atoms with Gasteiger partial charge in [0.25, 0.3) is 0 Å². The summed E-state index contributed by atoms with van der Waals surface area (Å²) in [5.41, 5.74) is 9.43. The van der Waals surface area contributed by atoms with E-state index in [0.29, 0.717) is 0 Å². The number of hydrogen-bond acceptors (Lipinski definition) is 4. The number of aromatic nitrogens is 2. The van der Waals surface area contributed by atoms with Crippen LogP contribution in [0.15, 0.2) is 48.7 Å². The molecule has 0 amide bonds. The molecule has 1 aromatic heterocycles. The molecule has 1 fully saturated rings. The molecule has 5 rings (SSSR count). The highest BCUT2D eigenvalue weighted by molar-refractivity contribution is 5.72. The van der Waals surface area contributed by atoms with E-state index in [2.05, 4.69) is 78.1 Å². The lowest BCUT2D eigenvalue weighted by molar-refractivity contribution is 0.302. The molecule has 0 unspecified atom stereocenters. The van der Waals surface area contributed by atoms with E-state index in [9.17, 15) is 0 Å². The third kappa shape index (κ3) is 3.50. The number of benzene rings is 2. The van der Waals surface area contributed by atoms with E-state index in [0.717, 1.165) is 44.1 Å². The third-order valence-electron chi connectivity index (χ3n) is 6.98. The average Bonchev–Trinajstić information content (AvgIpc) is 2.77. The smallest absolute Gasteiger partial charge is 0.223 e. The topological polar surface area (TPSA) is 49.8 Å². The minimum atomic E-state index is 0.233. The molecule has 2 aromatic carbocycles. The van der Waals surface area contributed by atoms with Crippen molar-refractivity contribution in [3.8, 4) is 11.3 Å². The zero-order valence-corrected chi connectivity index (χ0v) is 18.0. The molecule has 30 heavy (non-hydrogen) atoms. The van der Waals surface area contributed by atoms with Crippen LogP contribution in [0.1, 0.15) is 40.7 Å². The average molecular weight is 399 g/mol. The van der Waals surface area contributed by atoms with Crippen molar-refractivity contribution in [3.63, 3.8) is 0 Å². The molecule has 1 aliphatic carbocycles. The van der Waals surface area contributed by atoms with Crippen LogP contribution in [0.4, 0.5) is 5.95 Å². The number of aryl methyl sites for hydroxylation is 2. The molecule has 1 spiro atoms. The van der Waals surface area contributed by atoms with Crippen molar-refractivity contribution in [1.82, 2.24) is 15.3 Å². The molecule has 0 atom stereocenters. The van der Waals surface area contributed by atoms with Gasteiger partial charge in [-0.3, -0.25) is 0 Å².